The van der Waals surface area contributed by atoms with Crippen molar-refractivity contribution in [3.05, 3.63) is 96.3 Å². The third-order valence-corrected chi connectivity index (χ3v) is 8.34. The standard InChI is InChI=1S/C34H39N7/c1-25-13-12-18-30(27(25)3)40-22-21-39(26(2)23-40)20-11-10-19-35-32-31-34(37-24-36-32)41(29-16-8-5-9-17-29)33(38-31)28-14-6-4-7-15-28/h4-9,12-18,24,26H,10-11,19-23H2,1-3H3,(H,35,36,37)/t26-/m0/s1. The number of anilines is 2. The largest absolute Gasteiger partial charge is 0.368 e. The summed E-state index contributed by atoms with van der Waals surface area (Å²) in [5.74, 6) is 1.65. The highest BCUT2D eigenvalue weighted by molar-refractivity contribution is 5.88. The van der Waals surface area contributed by atoms with E-state index >= 15 is 0 Å². The Balaban J connectivity index is 1.09. The average Bonchev–Trinajstić information content (AvgIpc) is 3.40. The molecule has 2 aromatic heterocycles. The quantitative estimate of drug-likeness (QED) is 0.213. The number of unbranched alkanes of at least 4 members (excludes halogenated alkanes) is 1. The maximum atomic E-state index is 5.05. The molecule has 1 aliphatic heterocycles. The summed E-state index contributed by atoms with van der Waals surface area (Å²) in [6.45, 7) is 12.0. The Hall–Kier alpha value is -4.23. The highest BCUT2D eigenvalue weighted by Gasteiger charge is 2.24. The first-order valence-corrected chi connectivity index (χ1v) is 14.7. The van der Waals surface area contributed by atoms with Gasteiger partial charge in [0.05, 0.1) is 0 Å². The molecule has 3 heterocycles. The molecular formula is C34H39N7. The lowest BCUT2D eigenvalue weighted by atomic mass is 10.1. The zero-order valence-electron chi connectivity index (χ0n) is 24.3. The first kappa shape index (κ1) is 27.0. The van der Waals surface area contributed by atoms with E-state index < -0.39 is 0 Å². The van der Waals surface area contributed by atoms with E-state index in [1.807, 2.05) is 36.4 Å². The first-order valence-electron chi connectivity index (χ1n) is 14.7. The average molecular weight is 546 g/mol. The number of fused-ring (bicyclic) bond motifs is 1. The van der Waals surface area contributed by atoms with Crippen molar-refractivity contribution in [1.29, 1.82) is 0 Å². The van der Waals surface area contributed by atoms with Gasteiger partial charge in [0.1, 0.15) is 12.2 Å². The second kappa shape index (κ2) is 12.1. The molecule has 6 rings (SSSR count). The van der Waals surface area contributed by atoms with E-state index in [2.05, 4.69) is 92.9 Å². The molecule has 0 bridgehead atoms. The van der Waals surface area contributed by atoms with Gasteiger partial charge >= 0.3 is 0 Å². The van der Waals surface area contributed by atoms with Crippen molar-refractivity contribution in [1.82, 2.24) is 24.4 Å². The lowest BCUT2D eigenvalue weighted by molar-refractivity contribution is 0.186. The van der Waals surface area contributed by atoms with Crippen LogP contribution in [0.2, 0.25) is 0 Å². The summed E-state index contributed by atoms with van der Waals surface area (Å²) in [4.78, 5) is 19.5. The topological polar surface area (TPSA) is 62.1 Å². The van der Waals surface area contributed by atoms with E-state index in [1.165, 1.54) is 16.8 Å². The maximum Gasteiger partial charge on any atom is 0.170 e. The van der Waals surface area contributed by atoms with E-state index in [9.17, 15) is 0 Å². The molecule has 5 aromatic rings. The Morgan fingerprint density at radius 2 is 1.63 bits per heavy atom. The van der Waals surface area contributed by atoms with Gasteiger partial charge in [0.2, 0.25) is 0 Å². The fraction of sp³-hybridized carbons (Fsp3) is 0.324. The number of aromatic nitrogens is 4. The van der Waals surface area contributed by atoms with Gasteiger partial charge in [-0.2, -0.15) is 0 Å². The number of benzene rings is 3. The highest BCUT2D eigenvalue weighted by Crippen LogP contribution is 2.30. The smallest absolute Gasteiger partial charge is 0.170 e. The van der Waals surface area contributed by atoms with E-state index in [4.69, 9.17) is 4.98 Å². The van der Waals surface area contributed by atoms with E-state index in [0.29, 0.717) is 6.04 Å². The monoisotopic (exact) mass is 545 g/mol. The van der Waals surface area contributed by atoms with Crippen molar-refractivity contribution in [3.63, 3.8) is 0 Å². The number of piperazine rings is 1. The molecule has 0 spiro atoms. The van der Waals surface area contributed by atoms with Crippen LogP contribution >= 0.6 is 0 Å². The van der Waals surface area contributed by atoms with Gasteiger partial charge in [-0.25, -0.2) is 15.0 Å². The minimum atomic E-state index is 0.538. The molecule has 1 N–H and O–H groups in total. The van der Waals surface area contributed by atoms with Crippen LogP contribution in [0.3, 0.4) is 0 Å². The number of nitrogens with zero attached hydrogens (tertiary/aromatic N) is 6. The fourth-order valence-electron chi connectivity index (χ4n) is 5.90. The van der Waals surface area contributed by atoms with Gasteiger partial charge in [-0.15, -0.1) is 0 Å². The Morgan fingerprint density at radius 1 is 0.854 bits per heavy atom. The van der Waals surface area contributed by atoms with Crippen LogP contribution in [0.15, 0.2) is 85.2 Å². The van der Waals surface area contributed by atoms with Crippen LogP contribution in [0.5, 0.6) is 0 Å². The molecule has 7 nitrogen and oxygen atoms in total. The minimum absolute atomic E-state index is 0.538. The van der Waals surface area contributed by atoms with Crippen LogP contribution in [-0.4, -0.2) is 63.2 Å². The normalized spacial score (nSPS) is 15.9. The van der Waals surface area contributed by atoms with E-state index in [-0.39, 0.29) is 0 Å². The number of para-hydroxylation sites is 1. The number of hydrogen-bond donors (Lipinski definition) is 1. The van der Waals surface area contributed by atoms with Gasteiger partial charge < -0.3 is 10.2 Å². The Labute approximate surface area is 242 Å². The van der Waals surface area contributed by atoms with Crippen molar-refractivity contribution >= 4 is 22.7 Å². The van der Waals surface area contributed by atoms with Gasteiger partial charge in [-0.3, -0.25) is 9.47 Å². The van der Waals surface area contributed by atoms with E-state index in [1.54, 1.807) is 6.33 Å². The summed E-state index contributed by atoms with van der Waals surface area (Å²) in [6.07, 6.45) is 3.85. The summed E-state index contributed by atoms with van der Waals surface area (Å²) in [6, 6.07) is 27.8. The zero-order chi connectivity index (χ0) is 28.2. The molecule has 0 radical (unpaired) electrons. The maximum absolute atomic E-state index is 5.05. The summed E-state index contributed by atoms with van der Waals surface area (Å²) >= 11 is 0. The van der Waals surface area contributed by atoms with Crippen molar-refractivity contribution in [2.75, 3.05) is 42.9 Å². The Bertz CT molecular complexity index is 1600. The van der Waals surface area contributed by atoms with Crippen LogP contribution in [0.4, 0.5) is 11.5 Å². The Kier molecular flexibility index (Phi) is 7.96. The van der Waals surface area contributed by atoms with Crippen molar-refractivity contribution in [3.8, 4) is 17.1 Å². The lowest BCUT2D eigenvalue weighted by Crippen LogP contribution is -2.52. The van der Waals surface area contributed by atoms with Gasteiger partial charge in [0.15, 0.2) is 17.0 Å². The third kappa shape index (κ3) is 5.68. The molecule has 1 fully saturated rings. The van der Waals surface area contributed by atoms with E-state index in [0.717, 1.165) is 79.6 Å². The van der Waals surface area contributed by atoms with Crippen LogP contribution in [0.1, 0.15) is 30.9 Å². The fourth-order valence-corrected chi connectivity index (χ4v) is 5.90. The SMILES string of the molecule is Cc1cccc(N2CCN(CCCCNc3ncnc4c3nc(-c3ccccc3)n4-c3ccccc3)[C@@H](C)C2)c1C. The molecule has 0 aliphatic carbocycles. The highest BCUT2D eigenvalue weighted by atomic mass is 15.3. The zero-order valence-corrected chi connectivity index (χ0v) is 24.3. The van der Waals surface area contributed by atoms with Crippen LogP contribution < -0.4 is 10.2 Å². The second-order valence-corrected chi connectivity index (χ2v) is 11.1. The van der Waals surface area contributed by atoms with Gasteiger partial charge in [0, 0.05) is 49.2 Å². The third-order valence-electron chi connectivity index (χ3n) is 8.34. The molecule has 0 saturated carbocycles. The number of nitrogens with one attached hydrogen (secondary N) is 1. The summed E-state index contributed by atoms with van der Waals surface area (Å²) in [5, 5.41) is 3.57. The number of imidazole rings is 1. The van der Waals surface area contributed by atoms with Gasteiger partial charge in [-0.1, -0.05) is 60.7 Å². The second-order valence-electron chi connectivity index (χ2n) is 11.1. The van der Waals surface area contributed by atoms with Gasteiger partial charge in [-0.05, 0) is 69.5 Å². The van der Waals surface area contributed by atoms with Crippen molar-refractivity contribution < 1.29 is 0 Å². The molecule has 1 aliphatic rings. The predicted octanol–water partition coefficient (Wildman–Crippen LogP) is 6.50. The molecule has 0 amide bonds. The molecule has 0 unspecified atom stereocenters. The van der Waals surface area contributed by atoms with Crippen LogP contribution in [0.25, 0.3) is 28.2 Å². The number of rotatable bonds is 9. The predicted molar refractivity (Wildman–Crippen MR) is 169 cm³/mol. The molecule has 1 atom stereocenters. The summed E-state index contributed by atoms with van der Waals surface area (Å²) in [5.41, 5.74) is 7.85. The number of hydrogen-bond acceptors (Lipinski definition) is 6. The summed E-state index contributed by atoms with van der Waals surface area (Å²) < 4.78 is 2.12. The number of aryl methyl sites for hydroxylation is 1. The minimum Gasteiger partial charge on any atom is -0.368 e. The van der Waals surface area contributed by atoms with Crippen LogP contribution in [0, 0.1) is 13.8 Å². The van der Waals surface area contributed by atoms with Crippen molar-refractivity contribution in [2.45, 2.75) is 39.7 Å². The molecular weight excluding hydrogens is 506 g/mol. The Morgan fingerprint density at radius 3 is 2.41 bits per heavy atom. The molecule has 7 heteroatoms. The van der Waals surface area contributed by atoms with Gasteiger partial charge in [0.25, 0.3) is 0 Å². The van der Waals surface area contributed by atoms with Crippen molar-refractivity contribution in [2.24, 2.45) is 0 Å². The molecule has 41 heavy (non-hydrogen) atoms. The van der Waals surface area contributed by atoms with Crippen LogP contribution in [-0.2, 0) is 0 Å². The summed E-state index contributed by atoms with van der Waals surface area (Å²) in [7, 11) is 0. The lowest BCUT2D eigenvalue weighted by Gasteiger charge is -2.41. The first-order chi connectivity index (χ1) is 20.1. The molecule has 1 saturated heterocycles. The molecule has 210 valence electrons. The molecule has 3 aromatic carbocycles.